The fraction of sp³-hybridized carbons (Fsp3) is 1.00. The molecule has 14 nitrogen and oxygen atoms in total. The SMILES string of the molecule is O=P(O)(O)C(NC(O)(P(=O)(O)O)P(=O)(O)O)P(=O)(O)O. The molecule has 0 aromatic rings. The molecule has 0 bridgehead atoms. The summed E-state index contributed by atoms with van der Waals surface area (Å²) in [7, 11) is -24.1. The van der Waals surface area contributed by atoms with E-state index < -0.39 is 41.1 Å². The summed E-state index contributed by atoms with van der Waals surface area (Å²) in [5, 5.41) is 5.26. The van der Waals surface area contributed by atoms with Gasteiger partial charge in [0, 0.05) is 0 Å². The quantitative estimate of drug-likeness (QED) is 0.164. The predicted molar refractivity (Wildman–Crippen MR) is 60.0 cm³/mol. The third-order valence-corrected chi connectivity index (χ3v) is 8.56. The van der Waals surface area contributed by atoms with E-state index in [0.29, 0.717) is 5.32 Å². The second-order valence-electron chi connectivity index (χ2n) is 3.42. The van der Waals surface area contributed by atoms with Gasteiger partial charge in [-0.15, -0.1) is 0 Å². The van der Waals surface area contributed by atoms with Crippen LogP contribution in [-0.2, 0) is 18.3 Å². The molecule has 0 saturated heterocycles. The minimum Gasteiger partial charge on any atom is -0.356 e. The van der Waals surface area contributed by atoms with Crippen molar-refractivity contribution in [3.8, 4) is 0 Å². The van der Waals surface area contributed by atoms with Crippen molar-refractivity contribution in [2.75, 3.05) is 0 Å². The van der Waals surface area contributed by atoms with Gasteiger partial charge in [-0.2, -0.15) is 0 Å². The molecule has 0 radical (unpaired) electrons. The lowest BCUT2D eigenvalue weighted by Gasteiger charge is -2.33. The van der Waals surface area contributed by atoms with E-state index in [1.54, 1.807) is 0 Å². The lowest BCUT2D eigenvalue weighted by Crippen LogP contribution is -2.49. The summed E-state index contributed by atoms with van der Waals surface area (Å²) in [6, 6.07) is 0. The van der Waals surface area contributed by atoms with E-state index >= 15 is 0 Å². The van der Waals surface area contributed by atoms with E-state index in [1.165, 1.54) is 0 Å². The van der Waals surface area contributed by atoms with Gasteiger partial charge in [0.1, 0.15) is 0 Å². The van der Waals surface area contributed by atoms with Crippen molar-refractivity contribution < 1.29 is 62.5 Å². The maximum Gasteiger partial charge on any atom is 0.385 e. The summed E-state index contributed by atoms with van der Waals surface area (Å²) in [4.78, 5) is 69.2. The van der Waals surface area contributed by atoms with Gasteiger partial charge in [0.15, 0.2) is 0 Å². The Morgan fingerprint density at radius 2 is 0.950 bits per heavy atom. The van der Waals surface area contributed by atoms with Crippen LogP contribution in [0.5, 0.6) is 0 Å². The maximum atomic E-state index is 10.9. The van der Waals surface area contributed by atoms with Crippen LogP contribution in [-0.4, -0.2) is 55.0 Å². The Balaban J connectivity index is 6.07. The number of rotatable bonds is 6. The lowest BCUT2D eigenvalue weighted by atomic mass is 11.1. The van der Waals surface area contributed by atoms with Crippen LogP contribution in [0.25, 0.3) is 0 Å². The van der Waals surface area contributed by atoms with Gasteiger partial charge in [0.05, 0.1) is 0 Å². The van der Waals surface area contributed by atoms with E-state index in [-0.39, 0.29) is 0 Å². The van der Waals surface area contributed by atoms with Crippen LogP contribution in [0.4, 0.5) is 0 Å². The summed E-state index contributed by atoms with van der Waals surface area (Å²) in [6.45, 7) is 0. The summed E-state index contributed by atoms with van der Waals surface area (Å²) in [5.74, 6) is 0. The van der Waals surface area contributed by atoms with Crippen LogP contribution in [0, 0.1) is 0 Å². The van der Waals surface area contributed by atoms with Crippen molar-refractivity contribution in [1.29, 1.82) is 0 Å². The average Bonchev–Trinajstić information content (AvgIpc) is 2.05. The molecule has 0 spiro atoms. The van der Waals surface area contributed by atoms with Crippen LogP contribution < -0.4 is 5.32 Å². The van der Waals surface area contributed by atoms with Crippen molar-refractivity contribution in [2.45, 2.75) is 10.7 Å². The van der Waals surface area contributed by atoms with Crippen LogP contribution in [0.3, 0.4) is 0 Å². The van der Waals surface area contributed by atoms with Gasteiger partial charge in [-0.1, -0.05) is 0 Å². The molecule has 0 atom stereocenters. The molecule has 0 aromatic carbocycles. The predicted octanol–water partition coefficient (Wildman–Crippen LogP) is -2.83. The minimum absolute atomic E-state index is 0.593. The van der Waals surface area contributed by atoms with E-state index in [1.807, 2.05) is 0 Å². The zero-order chi connectivity index (χ0) is 16.8. The molecule has 20 heavy (non-hydrogen) atoms. The van der Waals surface area contributed by atoms with Crippen molar-refractivity contribution in [2.24, 2.45) is 0 Å². The maximum absolute atomic E-state index is 10.9. The number of nitrogens with one attached hydrogen (secondary N) is 1. The van der Waals surface area contributed by atoms with Gasteiger partial charge in [0.25, 0.3) is 0 Å². The summed E-state index contributed by atoms with van der Waals surface area (Å²) < 4.78 is 43.4. The van der Waals surface area contributed by atoms with E-state index in [4.69, 9.17) is 39.1 Å². The highest BCUT2D eigenvalue weighted by molar-refractivity contribution is 7.73. The number of aliphatic hydroxyl groups is 1. The molecule has 0 aliphatic carbocycles. The highest BCUT2D eigenvalue weighted by Crippen LogP contribution is 2.69. The molecule has 122 valence electrons. The van der Waals surface area contributed by atoms with Gasteiger partial charge in [0.2, 0.25) is 5.52 Å². The van der Waals surface area contributed by atoms with Gasteiger partial charge in [-0.05, 0) is 0 Å². The van der Waals surface area contributed by atoms with Gasteiger partial charge in [-0.3, -0.25) is 18.3 Å². The van der Waals surface area contributed by atoms with E-state index in [0.717, 1.165) is 0 Å². The first-order valence-electron chi connectivity index (χ1n) is 4.06. The highest BCUT2D eigenvalue weighted by Gasteiger charge is 2.64. The number of hydrogen-bond donors (Lipinski definition) is 10. The topological polar surface area (TPSA) is 262 Å². The van der Waals surface area contributed by atoms with Crippen molar-refractivity contribution in [1.82, 2.24) is 5.32 Å². The standard InChI is InChI=1S/C2H11NO13P4/c4-2(19(11,12)13,20(14,15)16)3-1(17(5,6)7)18(8,9)10/h1,3-4H,(H2,5,6,7)(H2,8,9,10)(H2,11,12,13)(H2,14,15,16). The lowest BCUT2D eigenvalue weighted by molar-refractivity contribution is 0.0991. The Bertz CT molecular complexity index is 499. The molecule has 10 N–H and O–H groups in total. The summed E-state index contributed by atoms with van der Waals surface area (Å²) in [5.41, 5.74) is -3.44. The summed E-state index contributed by atoms with van der Waals surface area (Å²) in [6.07, 6.45) is 0. The zero-order valence-electron chi connectivity index (χ0n) is 9.02. The molecule has 0 aliphatic heterocycles. The first-order chi connectivity index (χ1) is 8.34. The molecule has 0 rings (SSSR count). The Hall–Kier alpha value is 0.520. The first kappa shape index (κ1) is 20.5. The Morgan fingerprint density at radius 3 is 1.10 bits per heavy atom. The largest absolute Gasteiger partial charge is 0.385 e. The molecule has 0 aromatic heterocycles. The average molecular weight is 381 g/mol. The normalized spacial score (nSPS) is 15.7. The molecule has 0 fully saturated rings. The molecule has 0 saturated carbocycles. The second kappa shape index (κ2) is 5.62. The van der Waals surface area contributed by atoms with Crippen LogP contribution >= 0.6 is 30.4 Å². The van der Waals surface area contributed by atoms with Crippen LogP contribution in [0.15, 0.2) is 0 Å². The molecular weight excluding hydrogens is 370 g/mol. The van der Waals surface area contributed by atoms with E-state index in [9.17, 15) is 23.4 Å². The third-order valence-electron chi connectivity index (χ3n) is 1.77. The molecule has 0 unspecified atom stereocenters. The molecule has 0 aliphatic rings. The Morgan fingerprint density at radius 1 is 0.700 bits per heavy atom. The van der Waals surface area contributed by atoms with Gasteiger partial charge < -0.3 is 44.3 Å². The number of hydrogen-bond acceptors (Lipinski definition) is 6. The van der Waals surface area contributed by atoms with Crippen LogP contribution in [0.2, 0.25) is 0 Å². The van der Waals surface area contributed by atoms with Crippen molar-refractivity contribution in [3.63, 3.8) is 0 Å². The molecule has 0 heterocycles. The van der Waals surface area contributed by atoms with E-state index in [2.05, 4.69) is 0 Å². The van der Waals surface area contributed by atoms with Crippen LogP contribution in [0.1, 0.15) is 0 Å². The minimum atomic E-state index is -6.21. The fourth-order valence-electron chi connectivity index (χ4n) is 0.875. The molecule has 18 heteroatoms. The first-order valence-corrected chi connectivity index (χ1v) is 10.6. The molecule has 0 amide bonds. The third kappa shape index (κ3) is 4.51. The van der Waals surface area contributed by atoms with Gasteiger partial charge in [-0.25, -0.2) is 5.32 Å². The van der Waals surface area contributed by atoms with Gasteiger partial charge >= 0.3 is 35.6 Å². The fourth-order valence-corrected chi connectivity index (χ4v) is 5.51. The Kier molecular flexibility index (Phi) is 5.76. The highest BCUT2D eigenvalue weighted by atomic mass is 31.2. The van der Waals surface area contributed by atoms with Crippen molar-refractivity contribution >= 4 is 30.4 Å². The summed E-state index contributed by atoms with van der Waals surface area (Å²) >= 11 is 0. The monoisotopic (exact) mass is 381 g/mol. The zero-order valence-corrected chi connectivity index (χ0v) is 12.6. The second-order valence-corrected chi connectivity index (χ2v) is 11.0. The van der Waals surface area contributed by atoms with Crippen molar-refractivity contribution in [3.05, 3.63) is 0 Å². The Labute approximate surface area is 110 Å². The smallest absolute Gasteiger partial charge is 0.356 e. The molecular formula is C2H11NO13P4.